The number of para-hydroxylation sites is 1. The number of benzene rings is 2. The predicted octanol–water partition coefficient (Wildman–Crippen LogP) is 4.37. The van der Waals surface area contributed by atoms with E-state index in [1.165, 1.54) is 4.90 Å². The highest BCUT2D eigenvalue weighted by Crippen LogP contribution is 2.31. The highest BCUT2D eigenvalue weighted by molar-refractivity contribution is 6.14. The normalized spacial score (nSPS) is 18.4. The van der Waals surface area contributed by atoms with Crippen LogP contribution in [0.4, 0.5) is 16.2 Å². The number of urea groups is 1. The first-order chi connectivity index (χ1) is 15.8. The Morgan fingerprint density at radius 1 is 1.06 bits per heavy atom. The summed E-state index contributed by atoms with van der Waals surface area (Å²) in [5.41, 5.74) is 4.65. The SMILES string of the molecule is CC1=NC(NC(=O)Nc2cccc(C)c2)C(=O)N(CC(=O)C2CCCC2)c2c(C)cccc21. The van der Waals surface area contributed by atoms with E-state index in [1.54, 1.807) is 6.07 Å². The van der Waals surface area contributed by atoms with Crippen LogP contribution in [-0.2, 0) is 9.59 Å². The standard InChI is InChI=1S/C26H30N4O3/c1-16-8-6-12-20(14-16)28-26(33)29-24-25(32)30(15-22(31)19-10-4-5-11-19)23-17(2)9-7-13-21(23)18(3)27-24/h6-9,12-14,19,24H,4-5,10-11,15H2,1-3H3,(H2,28,29,33). The summed E-state index contributed by atoms with van der Waals surface area (Å²) in [6, 6.07) is 12.6. The van der Waals surface area contributed by atoms with Crippen molar-refractivity contribution in [1.82, 2.24) is 5.32 Å². The molecule has 2 aromatic carbocycles. The molecule has 1 aliphatic carbocycles. The van der Waals surface area contributed by atoms with Crippen LogP contribution in [0.25, 0.3) is 0 Å². The fourth-order valence-corrected chi connectivity index (χ4v) is 4.68. The molecule has 4 rings (SSSR count). The molecular formula is C26H30N4O3. The summed E-state index contributed by atoms with van der Waals surface area (Å²) in [5.74, 6) is -0.350. The number of rotatable bonds is 5. The van der Waals surface area contributed by atoms with Crippen molar-refractivity contribution in [2.24, 2.45) is 10.9 Å². The van der Waals surface area contributed by atoms with E-state index in [9.17, 15) is 14.4 Å². The number of carbonyl (C=O) groups is 3. The van der Waals surface area contributed by atoms with Crippen LogP contribution in [0.2, 0.25) is 0 Å². The Morgan fingerprint density at radius 2 is 1.79 bits per heavy atom. The van der Waals surface area contributed by atoms with Gasteiger partial charge in [-0.05, 0) is 56.9 Å². The zero-order valence-corrected chi connectivity index (χ0v) is 19.4. The topological polar surface area (TPSA) is 90.9 Å². The predicted molar refractivity (Wildman–Crippen MR) is 130 cm³/mol. The number of nitrogens with one attached hydrogen (secondary N) is 2. The maximum absolute atomic E-state index is 13.6. The van der Waals surface area contributed by atoms with E-state index in [-0.39, 0.29) is 18.2 Å². The van der Waals surface area contributed by atoms with Gasteiger partial charge in [-0.1, -0.05) is 43.2 Å². The maximum atomic E-state index is 13.6. The fraction of sp³-hybridized carbons (Fsp3) is 0.385. The van der Waals surface area contributed by atoms with Crippen LogP contribution in [-0.4, -0.2) is 36.1 Å². The molecule has 0 bridgehead atoms. The minimum absolute atomic E-state index is 0.00781. The van der Waals surface area contributed by atoms with Crippen molar-refractivity contribution in [2.45, 2.75) is 52.6 Å². The van der Waals surface area contributed by atoms with Crippen LogP contribution in [0, 0.1) is 19.8 Å². The summed E-state index contributed by atoms with van der Waals surface area (Å²) in [6.07, 6.45) is 2.71. The van der Waals surface area contributed by atoms with E-state index >= 15 is 0 Å². The Bertz CT molecular complexity index is 1120. The summed E-state index contributed by atoms with van der Waals surface area (Å²) in [5, 5.41) is 5.46. The van der Waals surface area contributed by atoms with Gasteiger partial charge in [-0.25, -0.2) is 4.79 Å². The summed E-state index contributed by atoms with van der Waals surface area (Å²) in [4.78, 5) is 45.4. The molecule has 0 spiro atoms. The lowest BCUT2D eigenvalue weighted by atomic mass is 10.00. The first-order valence-electron chi connectivity index (χ1n) is 11.5. The van der Waals surface area contributed by atoms with Gasteiger partial charge in [-0.15, -0.1) is 0 Å². The second kappa shape index (κ2) is 9.57. The molecular weight excluding hydrogens is 416 g/mol. The second-order valence-electron chi connectivity index (χ2n) is 8.93. The summed E-state index contributed by atoms with van der Waals surface area (Å²) >= 11 is 0. The zero-order chi connectivity index (χ0) is 23.5. The molecule has 1 aliphatic heterocycles. The highest BCUT2D eigenvalue weighted by Gasteiger charge is 2.35. The quantitative estimate of drug-likeness (QED) is 0.715. The third-order valence-electron chi connectivity index (χ3n) is 6.39. The first-order valence-corrected chi connectivity index (χ1v) is 11.5. The number of carbonyl (C=O) groups excluding carboxylic acids is 3. The number of nitrogens with zero attached hydrogens (tertiary/aromatic N) is 2. The average molecular weight is 447 g/mol. The lowest BCUT2D eigenvalue weighted by Crippen LogP contribution is -2.50. The van der Waals surface area contributed by atoms with Gasteiger partial charge >= 0.3 is 6.03 Å². The molecule has 1 fully saturated rings. The molecule has 172 valence electrons. The van der Waals surface area contributed by atoms with Gasteiger partial charge in [0.25, 0.3) is 5.91 Å². The molecule has 2 aliphatic rings. The second-order valence-corrected chi connectivity index (χ2v) is 8.93. The molecule has 7 heteroatoms. The van der Waals surface area contributed by atoms with Gasteiger partial charge in [-0.3, -0.25) is 14.6 Å². The van der Waals surface area contributed by atoms with Crippen molar-refractivity contribution in [3.05, 3.63) is 59.2 Å². The van der Waals surface area contributed by atoms with Crippen LogP contribution >= 0.6 is 0 Å². The summed E-state index contributed by atoms with van der Waals surface area (Å²) in [7, 11) is 0. The number of aliphatic imine (C=N–C) groups is 1. The highest BCUT2D eigenvalue weighted by atomic mass is 16.2. The Hall–Kier alpha value is -3.48. The maximum Gasteiger partial charge on any atom is 0.321 e. The smallest absolute Gasteiger partial charge is 0.308 e. The van der Waals surface area contributed by atoms with Crippen LogP contribution < -0.4 is 15.5 Å². The number of hydrogen-bond donors (Lipinski definition) is 2. The van der Waals surface area contributed by atoms with Crippen LogP contribution in [0.3, 0.4) is 0 Å². The fourth-order valence-electron chi connectivity index (χ4n) is 4.68. The molecule has 1 unspecified atom stereocenters. The van der Waals surface area contributed by atoms with Gasteiger partial charge in [0.2, 0.25) is 6.17 Å². The molecule has 2 N–H and O–H groups in total. The summed E-state index contributed by atoms with van der Waals surface area (Å²) in [6.45, 7) is 5.66. The van der Waals surface area contributed by atoms with Crippen LogP contribution in [0.1, 0.15) is 49.3 Å². The van der Waals surface area contributed by atoms with Gasteiger partial charge < -0.3 is 15.5 Å². The van der Waals surface area contributed by atoms with Crippen molar-refractivity contribution >= 4 is 34.8 Å². The van der Waals surface area contributed by atoms with Crippen molar-refractivity contribution in [3.63, 3.8) is 0 Å². The largest absolute Gasteiger partial charge is 0.321 e. The molecule has 0 radical (unpaired) electrons. The molecule has 1 heterocycles. The number of Topliss-reactive ketones (excluding diaryl/α,β-unsaturated/α-hetero) is 1. The lowest BCUT2D eigenvalue weighted by Gasteiger charge is -2.27. The number of ketones is 1. The Labute approximate surface area is 194 Å². The minimum Gasteiger partial charge on any atom is -0.308 e. The lowest BCUT2D eigenvalue weighted by molar-refractivity contribution is -0.125. The molecule has 33 heavy (non-hydrogen) atoms. The van der Waals surface area contributed by atoms with Gasteiger partial charge in [0.1, 0.15) is 0 Å². The minimum atomic E-state index is -1.13. The number of amides is 3. The van der Waals surface area contributed by atoms with E-state index in [4.69, 9.17) is 0 Å². The van der Waals surface area contributed by atoms with Gasteiger partial charge in [0, 0.05) is 22.9 Å². The number of anilines is 2. The van der Waals surface area contributed by atoms with Gasteiger partial charge in [0.05, 0.1) is 12.2 Å². The Kier molecular flexibility index (Phi) is 6.58. The molecule has 0 aromatic heterocycles. The van der Waals surface area contributed by atoms with E-state index < -0.39 is 18.1 Å². The van der Waals surface area contributed by atoms with Crippen molar-refractivity contribution in [1.29, 1.82) is 0 Å². The Balaban J connectivity index is 1.61. The molecule has 2 aromatic rings. The molecule has 7 nitrogen and oxygen atoms in total. The van der Waals surface area contributed by atoms with E-state index in [2.05, 4.69) is 15.6 Å². The molecule has 3 amide bonds. The van der Waals surface area contributed by atoms with E-state index in [1.807, 2.05) is 57.2 Å². The number of fused-ring (bicyclic) bond motifs is 1. The third kappa shape index (κ3) is 4.97. The number of benzodiazepines with no additional fused rings is 1. The molecule has 0 saturated heterocycles. The average Bonchev–Trinajstić information content (AvgIpc) is 3.29. The van der Waals surface area contributed by atoms with E-state index in [0.29, 0.717) is 17.1 Å². The molecule has 1 saturated carbocycles. The van der Waals surface area contributed by atoms with Crippen molar-refractivity contribution in [3.8, 4) is 0 Å². The Morgan fingerprint density at radius 3 is 2.52 bits per heavy atom. The first kappa shape index (κ1) is 22.7. The van der Waals surface area contributed by atoms with Gasteiger partial charge in [-0.2, -0.15) is 0 Å². The number of hydrogen-bond acceptors (Lipinski definition) is 4. The van der Waals surface area contributed by atoms with Crippen molar-refractivity contribution < 1.29 is 14.4 Å². The monoisotopic (exact) mass is 446 g/mol. The number of aryl methyl sites for hydroxylation is 2. The summed E-state index contributed by atoms with van der Waals surface area (Å²) < 4.78 is 0. The zero-order valence-electron chi connectivity index (χ0n) is 19.4. The van der Waals surface area contributed by atoms with Crippen LogP contribution in [0.5, 0.6) is 0 Å². The van der Waals surface area contributed by atoms with Crippen LogP contribution in [0.15, 0.2) is 47.5 Å². The third-order valence-corrected chi connectivity index (χ3v) is 6.39. The van der Waals surface area contributed by atoms with Gasteiger partial charge in [0.15, 0.2) is 5.78 Å². The van der Waals surface area contributed by atoms with E-state index in [0.717, 1.165) is 42.4 Å². The van der Waals surface area contributed by atoms with Crippen molar-refractivity contribution in [2.75, 3.05) is 16.8 Å². The molecule has 1 atom stereocenters.